The van der Waals surface area contributed by atoms with Gasteiger partial charge < -0.3 is 9.47 Å². The lowest BCUT2D eigenvalue weighted by atomic mass is 10.1. The summed E-state index contributed by atoms with van der Waals surface area (Å²) in [6, 6.07) is 19.8. The van der Waals surface area contributed by atoms with Crippen LogP contribution in [0.2, 0.25) is 10.0 Å². The largest absolute Gasteiger partial charge is 0.493 e. The molecule has 174 valence electrons. The van der Waals surface area contributed by atoms with Crippen LogP contribution in [0.1, 0.15) is 17.5 Å². The molecule has 0 bridgehead atoms. The van der Waals surface area contributed by atoms with Gasteiger partial charge in [-0.05, 0) is 49.4 Å². The van der Waals surface area contributed by atoms with Gasteiger partial charge in [-0.25, -0.2) is 5.01 Å². The van der Waals surface area contributed by atoms with Crippen molar-refractivity contribution in [2.75, 3.05) is 18.2 Å². The van der Waals surface area contributed by atoms with E-state index in [-0.39, 0.29) is 10.6 Å². The van der Waals surface area contributed by atoms with Crippen LogP contribution in [0.3, 0.4) is 0 Å². The fourth-order valence-electron chi connectivity index (χ4n) is 3.37. The molecule has 0 unspecified atom stereocenters. The fraction of sp³-hybridized carbons (Fsp3) is 0.154. The van der Waals surface area contributed by atoms with Gasteiger partial charge in [0, 0.05) is 17.0 Å². The zero-order valence-electron chi connectivity index (χ0n) is 18.4. The van der Waals surface area contributed by atoms with Crippen molar-refractivity contribution in [2.45, 2.75) is 13.3 Å². The number of para-hydroxylation sites is 1. The summed E-state index contributed by atoms with van der Waals surface area (Å²) >= 11 is 12.6. The molecule has 4 rings (SSSR count). The van der Waals surface area contributed by atoms with Crippen LogP contribution in [-0.2, 0) is 9.59 Å². The average molecular weight is 497 g/mol. The van der Waals surface area contributed by atoms with E-state index in [0.717, 1.165) is 11.3 Å². The molecular weight excluding hydrogens is 475 g/mol. The number of aryl methyl sites for hydroxylation is 1. The van der Waals surface area contributed by atoms with Crippen molar-refractivity contribution in [1.29, 1.82) is 0 Å². The monoisotopic (exact) mass is 496 g/mol. The molecule has 3 aromatic rings. The van der Waals surface area contributed by atoms with Gasteiger partial charge >= 0.3 is 0 Å². The van der Waals surface area contributed by atoms with Gasteiger partial charge in [-0.2, -0.15) is 0 Å². The van der Waals surface area contributed by atoms with Crippen LogP contribution >= 0.6 is 23.2 Å². The first kappa shape index (κ1) is 23.7. The number of nitrogens with one attached hydrogen (secondary N) is 1. The number of carbonyl (C=O) groups is 2. The highest BCUT2D eigenvalue weighted by atomic mass is 35.5. The van der Waals surface area contributed by atoms with E-state index in [4.69, 9.17) is 32.7 Å². The normalized spacial score (nSPS) is 14.4. The molecule has 0 aliphatic carbocycles. The van der Waals surface area contributed by atoms with E-state index in [1.165, 1.54) is 11.1 Å². The highest BCUT2D eigenvalue weighted by Gasteiger charge is 2.34. The Hall–Kier alpha value is -3.48. The lowest BCUT2D eigenvalue weighted by molar-refractivity contribution is -0.117. The molecule has 6 nitrogen and oxygen atoms in total. The molecule has 1 N–H and O–H groups in total. The number of hydrogen-bond acceptors (Lipinski definition) is 4. The number of nitrogens with zero attached hydrogens (tertiary/aromatic N) is 1. The Kier molecular flexibility index (Phi) is 7.40. The first-order valence-electron chi connectivity index (χ1n) is 10.7. The van der Waals surface area contributed by atoms with Gasteiger partial charge in [-0.15, -0.1) is 0 Å². The summed E-state index contributed by atoms with van der Waals surface area (Å²) in [5.74, 6) is 0.120. The van der Waals surface area contributed by atoms with Crippen molar-refractivity contribution in [3.63, 3.8) is 0 Å². The summed E-state index contributed by atoms with van der Waals surface area (Å²) in [6.45, 7) is 2.79. The summed E-state index contributed by atoms with van der Waals surface area (Å²) in [6.07, 6.45) is 2.04. The number of ether oxygens (including phenoxy) is 2. The Labute approximate surface area is 207 Å². The summed E-state index contributed by atoms with van der Waals surface area (Å²) in [5, 5.41) is 1.84. The van der Waals surface area contributed by atoms with E-state index >= 15 is 0 Å². The zero-order chi connectivity index (χ0) is 24.1. The van der Waals surface area contributed by atoms with E-state index in [1.807, 2.05) is 37.3 Å². The van der Waals surface area contributed by atoms with E-state index in [0.29, 0.717) is 41.7 Å². The maximum atomic E-state index is 12.9. The molecule has 0 radical (unpaired) electrons. The predicted octanol–water partition coefficient (Wildman–Crippen LogP) is 5.61. The molecule has 1 fully saturated rings. The molecule has 34 heavy (non-hydrogen) atoms. The van der Waals surface area contributed by atoms with Gasteiger partial charge in [0.1, 0.15) is 17.1 Å². The molecule has 3 aromatic carbocycles. The summed E-state index contributed by atoms with van der Waals surface area (Å²) < 4.78 is 11.6. The van der Waals surface area contributed by atoms with Crippen LogP contribution in [0.4, 0.5) is 5.69 Å². The number of anilines is 1. The highest BCUT2D eigenvalue weighted by molar-refractivity contribution is 6.36. The summed E-state index contributed by atoms with van der Waals surface area (Å²) in [5.41, 5.74) is 4.68. The zero-order valence-corrected chi connectivity index (χ0v) is 19.9. The first-order valence-corrected chi connectivity index (χ1v) is 11.4. The van der Waals surface area contributed by atoms with Crippen LogP contribution in [0.15, 0.2) is 72.3 Å². The van der Waals surface area contributed by atoms with Gasteiger partial charge in [-0.3, -0.25) is 15.0 Å². The third kappa shape index (κ3) is 5.53. The summed E-state index contributed by atoms with van der Waals surface area (Å²) in [4.78, 5) is 25.5. The highest BCUT2D eigenvalue weighted by Crippen LogP contribution is 2.35. The SMILES string of the molecule is Cc1ccc(OCCCOc2c(Cl)cc(Cl)cc2/C=C2\C(=O)NN(c3ccccc3)C2=O)cc1. The topological polar surface area (TPSA) is 67.9 Å². The van der Waals surface area contributed by atoms with Crippen molar-refractivity contribution >= 4 is 46.8 Å². The van der Waals surface area contributed by atoms with E-state index in [9.17, 15) is 9.59 Å². The Morgan fingerprint density at radius 1 is 0.941 bits per heavy atom. The Balaban J connectivity index is 1.47. The second kappa shape index (κ2) is 10.6. The molecule has 1 heterocycles. The van der Waals surface area contributed by atoms with Crippen molar-refractivity contribution in [2.24, 2.45) is 0 Å². The number of carbonyl (C=O) groups excluding carboxylic acids is 2. The number of benzene rings is 3. The standard InChI is InChI=1S/C26H22Cl2N2O4/c1-17-8-10-21(11-9-17)33-12-5-13-34-24-18(14-19(27)16-23(24)28)15-22-25(31)29-30(26(22)32)20-6-3-2-4-7-20/h2-4,6-11,14-16H,5,12-13H2,1H3,(H,29,31)/b22-15+. The summed E-state index contributed by atoms with van der Waals surface area (Å²) in [7, 11) is 0. The lowest BCUT2D eigenvalue weighted by Gasteiger charge is -2.14. The molecule has 2 amide bonds. The number of rotatable bonds is 8. The third-order valence-electron chi connectivity index (χ3n) is 5.07. The molecule has 0 atom stereocenters. The van der Waals surface area contributed by atoms with Gasteiger partial charge in [0.2, 0.25) is 0 Å². The minimum Gasteiger partial charge on any atom is -0.493 e. The molecule has 8 heteroatoms. The molecule has 0 spiro atoms. The third-order valence-corrected chi connectivity index (χ3v) is 5.57. The number of hydrogen-bond donors (Lipinski definition) is 1. The minimum absolute atomic E-state index is 0.0465. The van der Waals surface area contributed by atoms with Crippen LogP contribution < -0.4 is 19.9 Å². The van der Waals surface area contributed by atoms with Crippen LogP contribution in [0.25, 0.3) is 6.08 Å². The van der Waals surface area contributed by atoms with E-state index in [2.05, 4.69) is 5.43 Å². The van der Waals surface area contributed by atoms with Crippen molar-refractivity contribution in [3.8, 4) is 11.5 Å². The lowest BCUT2D eigenvalue weighted by Crippen LogP contribution is -2.35. The number of amides is 2. The second-order valence-corrected chi connectivity index (χ2v) is 8.49. The molecule has 0 saturated carbocycles. The average Bonchev–Trinajstić information content (AvgIpc) is 3.10. The Morgan fingerprint density at radius 3 is 2.38 bits per heavy atom. The molecule has 0 aromatic heterocycles. The van der Waals surface area contributed by atoms with Gasteiger partial charge in [0.25, 0.3) is 11.8 Å². The minimum atomic E-state index is -0.526. The maximum Gasteiger partial charge on any atom is 0.282 e. The van der Waals surface area contributed by atoms with Crippen molar-refractivity contribution in [3.05, 3.63) is 93.5 Å². The van der Waals surface area contributed by atoms with Gasteiger partial charge in [0.05, 0.1) is 23.9 Å². The predicted molar refractivity (Wildman–Crippen MR) is 133 cm³/mol. The molecule has 1 saturated heterocycles. The van der Waals surface area contributed by atoms with Crippen molar-refractivity contribution in [1.82, 2.24) is 5.43 Å². The maximum absolute atomic E-state index is 12.9. The molecule has 1 aliphatic heterocycles. The van der Waals surface area contributed by atoms with E-state index < -0.39 is 11.8 Å². The smallest absolute Gasteiger partial charge is 0.282 e. The number of halogens is 2. The number of hydrazine groups is 1. The molecule has 1 aliphatic rings. The Bertz CT molecular complexity index is 1230. The van der Waals surface area contributed by atoms with Gasteiger partial charge in [0.15, 0.2) is 0 Å². The first-order chi connectivity index (χ1) is 16.4. The second-order valence-electron chi connectivity index (χ2n) is 7.64. The van der Waals surface area contributed by atoms with Crippen LogP contribution in [0, 0.1) is 6.92 Å². The Morgan fingerprint density at radius 2 is 1.65 bits per heavy atom. The quantitative estimate of drug-likeness (QED) is 0.250. The van der Waals surface area contributed by atoms with Crippen molar-refractivity contribution < 1.29 is 19.1 Å². The fourth-order valence-corrected chi connectivity index (χ4v) is 3.93. The van der Waals surface area contributed by atoms with E-state index in [1.54, 1.807) is 36.4 Å². The molecular formula is C26H22Cl2N2O4. The van der Waals surface area contributed by atoms with Crippen LogP contribution in [-0.4, -0.2) is 25.0 Å². The van der Waals surface area contributed by atoms with Crippen LogP contribution in [0.5, 0.6) is 11.5 Å². The van der Waals surface area contributed by atoms with Gasteiger partial charge in [-0.1, -0.05) is 59.1 Å².